The van der Waals surface area contributed by atoms with E-state index in [9.17, 15) is 10.1 Å². The van der Waals surface area contributed by atoms with Gasteiger partial charge >= 0.3 is 0 Å². The number of nitro groups is 1. The first-order chi connectivity index (χ1) is 11.1. The van der Waals surface area contributed by atoms with Gasteiger partial charge in [-0.2, -0.15) is 0 Å². The minimum Gasteiger partial charge on any atom is -0.292 e. The maximum absolute atomic E-state index is 10.7. The van der Waals surface area contributed by atoms with E-state index in [1.165, 1.54) is 44.9 Å². The number of hydrogen-bond donors (Lipinski definition) is 0. The van der Waals surface area contributed by atoms with E-state index in [-0.39, 0.29) is 10.6 Å². The number of non-ortho nitro benzene ring substituents is 1. The van der Waals surface area contributed by atoms with Crippen molar-refractivity contribution in [3.05, 3.63) is 39.9 Å². The highest BCUT2D eigenvalue weighted by molar-refractivity contribution is 5.79. The predicted octanol–water partition coefficient (Wildman–Crippen LogP) is 4.62. The minimum atomic E-state index is -0.361. The molecule has 0 heterocycles. The molecule has 5 rings (SSSR count). The van der Waals surface area contributed by atoms with Gasteiger partial charge in [0.05, 0.1) is 4.92 Å². The largest absolute Gasteiger partial charge is 0.292 e. The van der Waals surface area contributed by atoms with Crippen molar-refractivity contribution >= 4 is 11.9 Å². The molecule has 2 atom stereocenters. The van der Waals surface area contributed by atoms with Crippen LogP contribution in [-0.2, 0) is 0 Å². The molecule has 1 aromatic rings. The molecule has 4 nitrogen and oxygen atoms in total. The van der Waals surface area contributed by atoms with Crippen molar-refractivity contribution in [1.82, 2.24) is 0 Å². The van der Waals surface area contributed by atoms with E-state index in [0.717, 1.165) is 29.9 Å². The molecule has 4 heteroatoms. The van der Waals surface area contributed by atoms with Crippen molar-refractivity contribution in [2.45, 2.75) is 44.9 Å². The van der Waals surface area contributed by atoms with E-state index in [4.69, 9.17) is 4.99 Å². The Morgan fingerprint density at radius 3 is 2.30 bits per heavy atom. The van der Waals surface area contributed by atoms with Gasteiger partial charge in [-0.15, -0.1) is 0 Å². The molecular formula is C19H24N2O2. The summed E-state index contributed by atoms with van der Waals surface area (Å²) >= 11 is 0. The van der Waals surface area contributed by atoms with E-state index in [2.05, 4.69) is 0 Å². The fraction of sp³-hybridized carbons (Fsp3) is 0.632. The molecule has 0 unspecified atom stereocenters. The second-order valence-electron chi connectivity index (χ2n) is 8.08. The fourth-order valence-corrected chi connectivity index (χ4v) is 5.59. The minimum absolute atomic E-state index is 0.139. The van der Waals surface area contributed by atoms with Crippen LogP contribution in [0.25, 0.3) is 0 Å². The highest BCUT2D eigenvalue weighted by Crippen LogP contribution is 2.57. The summed E-state index contributed by atoms with van der Waals surface area (Å²) in [5.41, 5.74) is 1.54. The molecule has 0 aromatic heterocycles. The van der Waals surface area contributed by atoms with Gasteiger partial charge in [-0.05, 0) is 73.0 Å². The third-order valence-corrected chi connectivity index (χ3v) is 6.25. The Balaban J connectivity index is 1.45. The van der Waals surface area contributed by atoms with Gasteiger partial charge < -0.3 is 0 Å². The molecule has 122 valence electrons. The lowest BCUT2D eigenvalue weighted by Crippen LogP contribution is -2.39. The third kappa shape index (κ3) is 3.04. The lowest BCUT2D eigenvalue weighted by molar-refractivity contribution is -0.384. The first-order valence-corrected chi connectivity index (χ1v) is 8.86. The van der Waals surface area contributed by atoms with E-state index < -0.39 is 0 Å². The van der Waals surface area contributed by atoms with Crippen molar-refractivity contribution in [2.75, 3.05) is 6.54 Å². The summed E-state index contributed by atoms with van der Waals surface area (Å²) in [5, 5.41) is 10.7. The number of nitro benzene ring substituents is 1. The fourth-order valence-electron chi connectivity index (χ4n) is 5.59. The predicted molar refractivity (Wildman–Crippen MR) is 90.8 cm³/mol. The molecule has 23 heavy (non-hydrogen) atoms. The highest BCUT2D eigenvalue weighted by atomic mass is 16.6. The lowest BCUT2D eigenvalue weighted by Gasteiger charge is -2.47. The van der Waals surface area contributed by atoms with Gasteiger partial charge in [0.25, 0.3) is 5.69 Å². The van der Waals surface area contributed by atoms with Gasteiger partial charge in [0.2, 0.25) is 0 Å². The van der Waals surface area contributed by atoms with Crippen LogP contribution < -0.4 is 0 Å². The standard InChI is InChI=1S/C19H24N2O2/c22-21(23)18-5-3-14(4-6-18)12-20-13-19-9-15-1-2-16(10-19)8-17(7-15)11-19/h3-6,12,15-17H,1-2,7-11,13H2/t15-,16-,17?,19?/m1/s1. The van der Waals surface area contributed by atoms with E-state index in [1.54, 1.807) is 24.3 Å². The third-order valence-electron chi connectivity index (χ3n) is 6.25. The Hall–Kier alpha value is -1.71. The van der Waals surface area contributed by atoms with Crippen LogP contribution in [0, 0.1) is 33.3 Å². The van der Waals surface area contributed by atoms with Crippen LogP contribution in [0.15, 0.2) is 29.3 Å². The van der Waals surface area contributed by atoms with Gasteiger partial charge in [0.1, 0.15) is 0 Å². The van der Waals surface area contributed by atoms with Crippen LogP contribution in [0.5, 0.6) is 0 Å². The Bertz CT molecular complexity index is 607. The Kier molecular flexibility index (Phi) is 3.70. The quantitative estimate of drug-likeness (QED) is 0.463. The molecule has 0 aliphatic heterocycles. The number of nitrogens with zero attached hydrogens (tertiary/aromatic N) is 2. The zero-order valence-electron chi connectivity index (χ0n) is 13.5. The van der Waals surface area contributed by atoms with E-state index in [1.807, 2.05) is 6.21 Å². The zero-order chi connectivity index (χ0) is 15.9. The molecule has 4 fully saturated rings. The Morgan fingerprint density at radius 2 is 1.70 bits per heavy atom. The molecule has 0 spiro atoms. The first kappa shape index (κ1) is 14.9. The molecule has 0 radical (unpaired) electrons. The van der Waals surface area contributed by atoms with Crippen LogP contribution in [0.3, 0.4) is 0 Å². The molecule has 0 amide bonds. The normalized spacial score (nSPS) is 35.6. The van der Waals surface area contributed by atoms with Crippen LogP contribution >= 0.6 is 0 Å². The maximum Gasteiger partial charge on any atom is 0.269 e. The average Bonchev–Trinajstić information content (AvgIpc) is 2.73. The van der Waals surface area contributed by atoms with Crippen molar-refractivity contribution in [3.8, 4) is 0 Å². The summed E-state index contributed by atoms with van der Waals surface area (Å²) in [5.74, 6) is 2.83. The molecule has 4 aliphatic rings. The van der Waals surface area contributed by atoms with Crippen LogP contribution in [0.4, 0.5) is 5.69 Å². The Morgan fingerprint density at radius 1 is 1.09 bits per heavy atom. The smallest absolute Gasteiger partial charge is 0.269 e. The topological polar surface area (TPSA) is 55.5 Å². The lowest BCUT2D eigenvalue weighted by atomic mass is 9.58. The highest BCUT2D eigenvalue weighted by Gasteiger charge is 2.48. The summed E-state index contributed by atoms with van der Waals surface area (Å²) < 4.78 is 0. The summed E-state index contributed by atoms with van der Waals surface area (Å²) in [6, 6.07) is 6.68. The second kappa shape index (κ2) is 5.73. The second-order valence-corrected chi connectivity index (χ2v) is 8.08. The number of benzene rings is 1. The van der Waals surface area contributed by atoms with Gasteiger partial charge in [-0.3, -0.25) is 15.1 Å². The molecule has 0 saturated heterocycles. The molecule has 4 aliphatic carbocycles. The average molecular weight is 312 g/mol. The van der Waals surface area contributed by atoms with E-state index >= 15 is 0 Å². The molecule has 1 aromatic carbocycles. The van der Waals surface area contributed by atoms with Crippen molar-refractivity contribution < 1.29 is 4.92 Å². The van der Waals surface area contributed by atoms with Gasteiger partial charge in [0, 0.05) is 24.9 Å². The molecule has 4 bridgehead atoms. The Labute approximate surface area is 137 Å². The number of hydrogen-bond acceptors (Lipinski definition) is 3. The molecular weight excluding hydrogens is 288 g/mol. The van der Waals surface area contributed by atoms with Crippen LogP contribution in [0.2, 0.25) is 0 Å². The van der Waals surface area contributed by atoms with Gasteiger partial charge in [0.15, 0.2) is 0 Å². The van der Waals surface area contributed by atoms with E-state index in [0.29, 0.717) is 5.41 Å². The number of rotatable bonds is 4. The summed E-state index contributed by atoms with van der Waals surface area (Å²) in [4.78, 5) is 15.1. The monoisotopic (exact) mass is 312 g/mol. The number of aliphatic imine (C=N–C) groups is 1. The van der Waals surface area contributed by atoms with Crippen molar-refractivity contribution in [3.63, 3.8) is 0 Å². The van der Waals surface area contributed by atoms with Crippen LogP contribution in [-0.4, -0.2) is 17.7 Å². The molecule has 4 saturated carbocycles. The first-order valence-electron chi connectivity index (χ1n) is 8.86. The van der Waals surface area contributed by atoms with Crippen molar-refractivity contribution in [1.29, 1.82) is 0 Å². The maximum atomic E-state index is 10.7. The summed E-state index contributed by atoms with van der Waals surface area (Å²) in [6.07, 6.45) is 11.8. The SMILES string of the molecule is O=[N+]([O-])c1ccc(C=NCC23CC4C[C@@H](CC[C@H](C4)C2)C3)cc1. The summed E-state index contributed by atoms with van der Waals surface area (Å²) in [6.45, 7) is 0.938. The number of fused-ring (bicyclic) bond motifs is 1. The van der Waals surface area contributed by atoms with Gasteiger partial charge in [-0.25, -0.2) is 0 Å². The van der Waals surface area contributed by atoms with Crippen molar-refractivity contribution in [2.24, 2.45) is 28.2 Å². The zero-order valence-corrected chi connectivity index (χ0v) is 13.5. The summed E-state index contributed by atoms with van der Waals surface area (Å²) in [7, 11) is 0. The van der Waals surface area contributed by atoms with Gasteiger partial charge in [-0.1, -0.05) is 12.8 Å². The van der Waals surface area contributed by atoms with Crippen LogP contribution in [0.1, 0.15) is 50.5 Å². The molecule has 0 N–H and O–H groups in total.